The zero-order valence-corrected chi connectivity index (χ0v) is 17.3. The fourth-order valence-corrected chi connectivity index (χ4v) is 3.59. The van der Waals surface area contributed by atoms with Crippen molar-refractivity contribution in [1.82, 2.24) is 19.5 Å². The zero-order valence-electron chi connectivity index (χ0n) is 16.4. The number of nitrogens with two attached hydrogens (primary N) is 2. The summed E-state index contributed by atoms with van der Waals surface area (Å²) in [5, 5.41) is 9.57. The van der Waals surface area contributed by atoms with E-state index in [1.54, 1.807) is 27.5 Å². The summed E-state index contributed by atoms with van der Waals surface area (Å²) in [5.41, 5.74) is 12.1. The molecule has 3 heterocycles. The van der Waals surface area contributed by atoms with Gasteiger partial charge in [0.1, 0.15) is 30.4 Å². The Kier molecular flexibility index (Phi) is 7.25. The summed E-state index contributed by atoms with van der Waals surface area (Å²) in [6.45, 7) is -0.164. The number of nitrogens with zero attached hydrogens (tertiary/aromatic N) is 5. The number of carbonyl (C=O) groups excluding carboxylic acids is 1. The highest BCUT2D eigenvalue weighted by Crippen LogP contribution is 2.41. The number of rotatable bonds is 11. The SMILES string of the molecule is NC(=O)c1ccc[n+](CCOP(=O)(O)COC(CO)Cn2cnc3c(N)ncnc32)c1. The summed E-state index contributed by atoms with van der Waals surface area (Å²) < 4.78 is 25.9. The first-order valence-corrected chi connectivity index (χ1v) is 10.9. The molecule has 6 N–H and O–H groups in total. The number of fused-ring (bicyclic) bond motifs is 1. The Hall–Kier alpha value is -2.96. The Morgan fingerprint density at radius 2 is 2.16 bits per heavy atom. The van der Waals surface area contributed by atoms with Crippen LogP contribution in [0.25, 0.3) is 11.2 Å². The maximum absolute atomic E-state index is 12.2. The molecule has 0 aliphatic heterocycles. The number of ether oxygens (including phenoxy) is 1. The molecule has 2 unspecified atom stereocenters. The van der Waals surface area contributed by atoms with Crippen LogP contribution in [0.15, 0.2) is 37.2 Å². The molecule has 3 aromatic rings. The largest absolute Gasteiger partial charge is 0.394 e. The average Bonchev–Trinajstić information content (AvgIpc) is 3.15. The van der Waals surface area contributed by atoms with Crippen molar-refractivity contribution in [2.24, 2.45) is 5.73 Å². The Labute approximate surface area is 176 Å². The first kappa shape index (κ1) is 22.7. The number of carbonyl (C=O) groups is 1. The number of pyridine rings is 1. The molecule has 3 rings (SSSR count). The van der Waals surface area contributed by atoms with Gasteiger partial charge in [-0.3, -0.25) is 9.36 Å². The molecule has 0 aromatic carbocycles. The summed E-state index contributed by atoms with van der Waals surface area (Å²) in [4.78, 5) is 33.3. The third-order valence-corrected chi connectivity index (χ3v) is 5.35. The van der Waals surface area contributed by atoms with E-state index < -0.39 is 32.6 Å². The maximum Gasteiger partial charge on any atom is 0.353 e. The minimum absolute atomic E-state index is 0.101. The first-order valence-electron chi connectivity index (χ1n) is 9.18. The van der Waals surface area contributed by atoms with Crippen LogP contribution in [0.1, 0.15) is 10.4 Å². The number of aliphatic hydroxyl groups is 1. The summed E-state index contributed by atoms with van der Waals surface area (Å²) in [6.07, 6.45) is 4.51. The van der Waals surface area contributed by atoms with E-state index in [0.717, 1.165) is 0 Å². The smallest absolute Gasteiger partial charge is 0.353 e. The molecule has 166 valence electrons. The quantitative estimate of drug-likeness (QED) is 0.208. The molecule has 0 saturated carbocycles. The normalized spacial score (nSPS) is 14.4. The number of amides is 1. The van der Waals surface area contributed by atoms with Crippen LogP contribution in [0.2, 0.25) is 0 Å². The van der Waals surface area contributed by atoms with E-state index in [9.17, 15) is 19.4 Å². The number of aromatic nitrogens is 5. The molecule has 13 nitrogen and oxygen atoms in total. The van der Waals surface area contributed by atoms with Crippen molar-refractivity contribution < 1.29 is 33.2 Å². The second kappa shape index (κ2) is 9.90. The predicted octanol–water partition coefficient (Wildman–Crippen LogP) is -0.968. The highest BCUT2D eigenvalue weighted by molar-refractivity contribution is 7.52. The van der Waals surface area contributed by atoms with Crippen molar-refractivity contribution in [3.8, 4) is 0 Å². The monoisotopic (exact) mass is 452 g/mol. The van der Waals surface area contributed by atoms with E-state index in [4.69, 9.17) is 20.7 Å². The zero-order chi connectivity index (χ0) is 22.4. The maximum atomic E-state index is 12.2. The number of hydrogen-bond acceptors (Lipinski definition) is 9. The van der Waals surface area contributed by atoms with Gasteiger partial charge in [0.05, 0.1) is 25.6 Å². The molecule has 0 aliphatic rings. The molecule has 1 amide bonds. The molecule has 0 radical (unpaired) electrons. The van der Waals surface area contributed by atoms with Crippen molar-refractivity contribution in [1.29, 1.82) is 0 Å². The van der Waals surface area contributed by atoms with E-state index in [1.807, 2.05) is 0 Å². The van der Waals surface area contributed by atoms with Crippen LogP contribution >= 0.6 is 7.60 Å². The Balaban J connectivity index is 1.52. The van der Waals surface area contributed by atoms with Gasteiger partial charge in [-0.1, -0.05) is 0 Å². The van der Waals surface area contributed by atoms with Crippen molar-refractivity contribution in [3.05, 3.63) is 42.7 Å². The van der Waals surface area contributed by atoms with Gasteiger partial charge < -0.3 is 35.3 Å². The van der Waals surface area contributed by atoms with Gasteiger partial charge in [-0.15, -0.1) is 0 Å². The Morgan fingerprint density at radius 1 is 1.35 bits per heavy atom. The lowest BCUT2D eigenvalue weighted by atomic mass is 10.3. The number of hydrogen-bond donors (Lipinski definition) is 4. The van der Waals surface area contributed by atoms with Crippen LogP contribution in [0.4, 0.5) is 5.82 Å². The number of imidazole rings is 1. The fourth-order valence-electron chi connectivity index (χ4n) is 2.75. The number of anilines is 1. The van der Waals surface area contributed by atoms with Crippen molar-refractivity contribution in [3.63, 3.8) is 0 Å². The van der Waals surface area contributed by atoms with Gasteiger partial charge in [-0.05, 0) is 6.07 Å². The average molecular weight is 452 g/mol. The highest BCUT2D eigenvalue weighted by atomic mass is 31.2. The second-order valence-electron chi connectivity index (χ2n) is 6.59. The van der Waals surface area contributed by atoms with Crippen LogP contribution in [0.3, 0.4) is 0 Å². The molecule has 0 fully saturated rings. The van der Waals surface area contributed by atoms with Crippen molar-refractivity contribution in [2.75, 3.05) is 25.3 Å². The van der Waals surface area contributed by atoms with Gasteiger partial charge in [0.2, 0.25) is 0 Å². The molecular formula is C17H23N7O6P+. The minimum Gasteiger partial charge on any atom is -0.394 e. The second-order valence-corrected chi connectivity index (χ2v) is 8.39. The van der Waals surface area contributed by atoms with Gasteiger partial charge in [0.15, 0.2) is 30.4 Å². The number of nitrogen functional groups attached to an aromatic ring is 1. The van der Waals surface area contributed by atoms with Gasteiger partial charge in [-0.2, -0.15) is 0 Å². The summed E-state index contributed by atoms with van der Waals surface area (Å²) >= 11 is 0. The molecule has 0 bridgehead atoms. The first-order chi connectivity index (χ1) is 14.8. The molecular weight excluding hydrogens is 429 g/mol. The summed E-state index contributed by atoms with van der Waals surface area (Å²) in [6, 6.07) is 3.19. The summed E-state index contributed by atoms with van der Waals surface area (Å²) in [7, 11) is -4.08. The summed E-state index contributed by atoms with van der Waals surface area (Å²) in [5.74, 6) is -0.357. The molecule has 2 atom stereocenters. The van der Waals surface area contributed by atoms with Crippen LogP contribution in [-0.2, 0) is 26.9 Å². The lowest BCUT2D eigenvalue weighted by Crippen LogP contribution is -2.36. The van der Waals surface area contributed by atoms with Crippen LogP contribution in [0.5, 0.6) is 0 Å². The standard InChI is InChI=1S/C17H22N7O6P/c18-15-14-17(21-9-20-15)24(10-22-14)7-13(8-25)29-11-31(27,28)30-5-4-23-3-1-2-12(6-23)16(19)26/h1-3,6,9-10,13,25H,4-5,7-8,11H2,(H4-,18,19,20,21,26,27,28)/p+1. The fraction of sp³-hybridized carbons (Fsp3) is 0.353. The van der Waals surface area contributed by atoms with Crippen LogP contribution in [-0.4, -0.2) is 61.1 Å². The van der Waals surface area contributed by atoms with Gasteiger partial charge in [0, 0.05) is 6.07 Å². The molecule has 0 saturated heterocycles. The van der Waals surface area contributed by atoms with E-state index >= 15 is 0 Å². The lowest BCUT2D eigenvalue weighted by molar-refractivity contribution is -0.697. The third kappa shape index (κ3) is 6.03. The highest BCUT2D eigenvalue weighted by Gasteiger charge is 2.24. The van der Waals surface area contributed by atoms with E-state index in [1.165, 1.54) is 18.9 Å². The van der Waals surface area contributed by atoms with E-state index in [-0.39, 0.29) is 25.5 Å². The van der Waals surface area contributed by atoms with Gasteiger partial charge in [-0.25, -0.2) is 19.5 Å². The van der Waals surface area contributed by atoms with Crippen LogP contribution < -0.4 is 16.0 Å². The number of primary amides is 1. The Morgan fingerprint density at radius 3 is 2.90 bits per heavy atom. The molecule has 0 aliphatic carbocycles. The third-order valence-electron chi connectivity index (χ3n) is 4.29. The molecule has 31 heavy (non-hydrogen) atoms. The van der Waals surface area contributed by atoms with Crippen LogP contribution in [0, 0.1) is 0 Å². The minimum atomic E-state index is -4.08. The molecule has 14 heteroatoms. The molecule has 0 spiro atoms. The molecule has 3 aromatic heterocycles. The van der Waals surface area contributed by atoms with Gasteiger partial charge in [0.25, 0.3) is 5.91 Å². The topological polar surface area (TPSA) is 193 Å². The van der Waals surface area contributed by atoms with Crippen molar-refractivity contribution in [2.45, 2.75) is 19.2 Å². The number of aliphatic hydroxyl groups excluding tert-OH is 1. The van der Waals surface area contributed by atoms with E-state index in [2.05, 4.69) is 15.0 Å². The van der Waals surface area contributed by atoms with Crippen molar-refractivity contribution >= 4 is 30.5 Å². The Bertz CT molecular complexity index is 1110. The predicted molar refractivity (Wildman–Crippen MR) is 107 cm³/mol. The lowest BCUT2D eigenvalue weighted by Gasteiger charge is -2.18. The van der Waals surface area contributed by atoms with E-state index in [0.29, 0.717) is 16.7 Å². The van der Waals surface area contributed by atoms with Gasteiger partial charge >= 0.3 is 7.60 Å².